The molecule has 7 heteroatoms. The van der Waals surface area contributed by atoms with E-state index >= 15 is 0 Å². The summed E-state index contributed by atoms with van der Waals surface area (Å²) in [6.07, 6.45) is 4.09. The first-order valence-electron chi connectivity index (χ1n) is 11.0. The topological polar surface area (TPSA) is 65.5 Å². The molecule has 2 heterocycles. The maximum Gasteiger partial charge on any atom is 0.254 e. The highest BCUT2D eigenvalue weighted by Crippen LogP contribution is 2.36. The number of carbonyl (C=O) groups excluding carboxylic acids is 1. The number of pyridine rings is 1. The van der Waals surface area contributed by atoms with Gasteiger partial charge in [-0.25, -0.2) is 0 Å². The van der Waals surface area contributed by atoms with E-state index in [1.165, 1.54) is 0 Å². The van der Waals surface area contributed by atoms with Crippen molar-refractivity contribution in [1.29, 1.82) is 0 Å². The number of aromatic nitrogens is 1. The van der Waals surface area contributed by atoms with Crippen molar-refractivity contribution in [2.45, 2.75) is 25.3 Å². The maximum atomic E-state index is 13.1. The summed E-state index contributed by atoms with van der Waals surface area (Å²) in [5.41, 5.74) is 2.73. The molecular formula is C24H35N4O2P. The molecule has 0 aliphatic carbocycles. The van der Waals surface area contributed by atoms with Crippen LogP contribution in [0.5, 0.6) is 0 Å². The van der Waals surface area contributed by atoms with Crippen LogP contribution < -0.4 is 10.6 Å². The highest BCUT2D eigenvalue weighted by atomic mass is 31.2. The lowest BCUT2D eigenvalue weighted by Gasteiger charge is -2.31. The number of hydrogen-bond donors (Lipinski definition) is 1. The van der Waals surface area contributed by atoms with Crippen molar-refractivity contribution in [3.05, 3.63) is 59.4 Å². The van der Waals surface area contributed by atoms with E-state index in [4.69, 9.17) is 0 Å². The van der Waals surface area contributed by atoms with Crippen molar-refractivity contribution in [2.24, 2.45) is 0 Å². The smallest absolute Gasteiger partial charge is 0.254 e. The van der Waals surface area contributed by atoms with Crippen LogP contribution in [-0.2, 0) is 11.1 Å². The van der Waals surface area contributed by atoms with Gasteiger partial charge in [-0.3, -0.25) is 9.78 Å². The average molecular weight is 443 g/mol. The second-order valence-electron chi connectivity index (χ2n) is 8.84. The standard InChI is InChI=1S/C24H35N4O2P/c1-25-13-16-28-14-10-20(11-15-28)22-17-19(9-12-26-22)18-27(2)24(29)21-7-5-6-8-23(21)31(3,4)30/h5-9,12,17,20,25H,10-11,13-16,18H2,1-4H3. The Hall–Kier alpha value is -2.01. The van der Waals surface area contributed by atoms with E-state index in [9.17, 15) is 9.36 Å². The van der Waals surface area contributed by atoms with E-state index in [1.54, 1.807) is 37.4 Å². The van der Waals surface area contributed by atoms with Crippen LogP contribution in [0, 0.1) is 0 Å². The third-order valence-electron chi connectivity index (χ3n) is 6.01. The van der Waals surface area contributed by atoms with E-state index in [0.717, 1.165) is 50.3 Å². The Bertz CT molecular complexity index is 935. The molecule has 1 aliphatic rings. The summed E-state index contributed by atoms with van der Waals surface area (Å²) in [5, 5.41) is 3.86. The molecule has 0 unspecified atom stereocenters. The van der Waals surface area contributed by atoms with Crippen LogP contribution >= 0.6 is 7.14 Å². The zero-order valence-electron chi connectivity index (χ0n) is 19.2. The Kier molecular flexibility index (Phi) is 8.04. The van der Waals surface area contributed by atoms with Gasteiger partial charge in [-0.2, -0.15) is 0 Å². The number of piperidine rings is 1. The molecule has 0 spiro atoms. The number of nitrogens with zero attached hydrogens (tertiary/aromatic N) is 3. The lowest BCUT2D eigenvalue weighted by Crippen LogP contribution is -2.37. The summed E-state index contributed by atoms with van der Waals surface area (Å²) in [4.78, 5) is 21.9. The maximum absolute atomic E-state index is 13.1. The summed E-state index contributed by atoms with van der Waals surface area (Å²) in [5.74, 6) is 0.370. The summed E-state index contributed by atoms with van der Waals surface area (Å²) < 4.78 is 12.6. The number of carbonyl (C=O) groups is 1. The van der Waals surface area contributed by atoms with Gasteiger partial charge in [0.15, 0.2) is 0 Å². The number of likely N-dealkylation sites (N-methyl/N-ethyl adjacent to an activating group) is 1. The van der Waals surface area contributed by atoms with Gasteiger partial charge in [0.2, 0.25) is 0 Å². The van der Waals surface area contributed by atoms with Crippen LogP contribution in [-0.4, -0.2) is 74.3 Å². The molecule has 1 aliphatic heterocycles. The quantitative estimate of drug-likeness (QED) is 0.637. The van der Waals surface area contributed by atoms with E-state index in [2.05, 4.69) is 21.3 Å². The molecule has 1 fully saturated rings. The van der Waals surface area contributed by atoms with Gasteiger partial charge in [0, 0.05) is 49.8 Å². The molecule has 0 saturated carbocycles. The predicted molar refractivity (Wildman–Crippen MR) is 128 cm³/mol. The average Bonchev–Trinajstić information content (AvgIpc) is 2.77. The minimum absolute atomic E-state index is 0.101. The molecule has 0 atom stereocenters. The van der Waals surface area contributed by atoms with Gasteiger partial charge in [-0.1, -0.05) is 18.2 Å². The Balaban J connectivity index is 1.66. The van der Waals surface area contributed by atoms with Crippen LogP contribution in [0.4, 0.5) is 0 Å². The lowest BCUT2D eigenvalue weighted by atomic mass is 9.92. The molecule has 31 heavy (non-hydrogen) atoms. The summed E-state index contributed by atoms with van der Waals surface area (Å²) in [7, 11) is 1.26. The Morgan fingerprint density at radius 3 is 2.61 bits per heavy atom. The molecule has 1 N–H and O–H groups in total. The fourth-order valence-corrected chi connectivity index (χ4v) is 5.41. The van der Waals surface area contributed by atoms with Gasteiger partial charge in [0.05, 0.1) is 5.56 Å². The zero-order valence-corrected chi connectivity index (χ0v) is 20.1. The summed E-state index contributed by atoms with van der Waals surface area (Å²) in [6, 6.07) is 11.4. The fraction of sp³-hybridized carbons (Fsp3) is 0.500. The van der Waals surface area contributed by atoms with Crippen molar-refractivity contribution >= 4 is 18.4 Å². The predicted octanol–water partition coefficient (Wildman–Crippen LogP) is 3.00. The van der Waals surface area contributed by atoms with Crippen molar-refractivity contribution in [1.82, 2.24) is 20.1 Å². The lowest BCUT2D eigenvalue weighted by molar-refractivity contribution is 0.0786. The van der Waals surface area contributed by atoms with Gasteiger partial charge in [-0.05, 0) is 70.1 Å². The van der Waals surface area contributed by atoms with Crippen LogP contribution in [0.25, 0.3) is 0 Å². The van der Waals surface area contributed by atoms with Crippen molar-refractivity contribution in [2.75, 3.05) is 53.6 Å². The van der Waals surface area contributed by atoms with Gasteiger partial charge in [0.25, 0.3) is 5.91 Å². The van der Waals surface area contributed by atoms with Gasteiger partial charge < -0.3 is 19.7 Å². The molecule has 1 aromatic carbocycles. The number of benzene rings is 1. The van der Waals surface area contributed by atoms with Crippen molar-refractivity contribution < 1.29 is 9.36 Å². The Labute approximate surface area is 186 Å². The van der Waals surface area contributed by atoms with Crippen LogP contribution in [0.1, 0.15) is 40.4 Å². The number of hydrogen-bond acceptors (Lipinski definition) is 5. The number of rotatable bonds is 8. The molecule has 168 valence electrons. The van der Waals surface area contributed by atoms with E-state index in [1.807, 2.05) is 31.4 Å². The molecule has 0 bridgehead atoms. The number of amides is 1. The first-order valence-corrected chi connectivity index (χ1v) is 13.6. The first-order chi connectivity index (χ1) is 14.8. The van der Waals surface area contributed by atoms with Crippen molar-refractivity contribution in [3.63, 3.8) is 0 Å². The molecule has 1 saturated heterocycles. The Morgan fingerprint density at radius 1 is 1.23 bits per heavy atom. The van der Waals surface area contributed by atoms with Gasteiger partial charge >= 0.3 is 0 Å². The van der Waals surface area contributed by atoms with Gasteiger partial charge in [0.1, 0.15) is 7.14 Å². The minimum atomic E-state index is -2.54. The summed E-state index contributed by atoms with van der Waals surface area (Å²) in [6.45, 7) is 8.22. The molecule has 3 rings (SSSR count). The minimum Gasteiger partial charge on any atom is -0.337 e. The summed E-state index contributed by atoms with van der Waals surface area (Å²) >= 11 is 0. The second kappa shape index (κ2) is 10.5. The molecular weight excluding hydrogens is 407 g/mol. The molecule has 1 aromatic heterocycles. The van der Waals surface area contributed by atoms with Crippen LogP contribution in [0.2, 0.25) is 0 Å². The largest absolute Gasteiger partial charge is 0.337 e. The SMILES string of the molecule is CNCCN1CCC(c2cc(CN(C)C(=O)c3ccccc3P(C)(C)=O)ccn2)CC1. The monoisotopic (exact) mass is 442 g/mol. The molecule has 6 nitrogen and oxygen atoms in total. The Morgan fingerprint density at radius 2 is 1.94 bits per heavy atom. The fourth-order valence-electron chi connectivity index (χ4n) is 4.21. The van der Waals surface area contributed by atoms with Crippen LogP contribution in [0.15, 0.2) is 42.6 Å². The third-order valence-corrected chi connectivity index (χ3v) is 7.56. The second-order valence-corrected chi connectivity index (χ2v) is 12.0. The zero-order chi connectivity index (χ0) is 22.4. The van der Waals surface area contributed by atoms with Crippen molar-refractivity contribution in [3.8, 4) is 0 Å². The van der Waals surface area contributed by atoms with E-state index in [0.29, 0.717) is 23.3 Å². The molecule has 1 amide bonds. The highest BCUT2D eigenvalue weighted by Gasteiger charge is 2.24. The normalized spacial score (nSPS) is 15.7. The third kappa shape index (κ3) is 6.25. The molecule has 0 radical (unpaired) electrons. The van der Waals surface area contributed by atoms with E-state index in [-0.39, 0.29) is 5.91 Å². The van der Waals surface area contributed by atoms with E-state index < -0.39 is 7.14 Å². The number of nitrogens with one attached hydrogen (secondary N) is 1. The van der Waals surface area contributed by atoms with Gasteiger partial charge in [-0.15, -0.1) is 0 Å². The van der Waals surface area contributed by atoms with Crippen LogP contribution in [0.3, 0.4) is 0 Å². The molecule has 2 aromatic rings. The first kappa shape index (κ1) is 23.6. The highest BCUT2D eigenvalue weighted by molar-refractivity contribution is 7.70. The number of likely N-dealkylation sites (tertiary alicyclic amines) is 1.